The van der Waals surface area contributed by atoms with E-state index in [4.69, 9.17) is 5.14 Å². The van der Waals surface area contributed by atoms with Gasteiger partial charge in [-0.3, -0.25) is 4.79 Å². The van der Waals surface area contributed by atoms with Crippen LogP contribution in [-0.2, 0) is 10.0 Å². The first-order valence-corrected chi connectivity index (χ1v) is 10.8. The number of sulfonamides is 1. The lowest BCUT2D eigenvalue weighted by Crippen LogP contribution is -2.27. The first kappa shape index (κ1) is 20.1. The van der Waals surface area contributed by atoms with E-state index >= 15 is 0 Å². The van der Waals surface area contributed by atoms with Crippen molar-refractivity contribution in [1.82, 2.24) is 10.3 Å². The van der Waals surface area contributed by atoms with Crippen molar-refractivity contribution in [2.75, 3.05) is 0 Å². The van der Waals surface area contributed by atoms with Crippen molar-refractivity contribution in [3.05, 3.63) is 84.1 Å². The fourth-order valence-corrected chi connectivity index (χ4v) is 3.97. The zero-order valence-corrected chi connectivity index (χ0v) is 16.7. The maximum absolute atomic E-state index is 12.8. The third-order valence-electron chi connectivity index (χ3n) is 4.03. The zero-order chi connectivity index (χ0) is 20.1. The van der Waals surface area contributed by atoms with Crippen molar-refractivity contribution in [1.29, 1.82) is 0 Å². The minimum atomic E-state index is -3.75. The van der Waals surface area contributed by atoms with Crippen molar-refractivity contribution in [3.8, 4) is 0 Å². The molecule has 1 heterocycles. The lowest BCUT2D eigenvalue weighted by molar-refractivity contribution is 0.0936. The molecule has 1 amide bonds. The van der Waals surface area contributed by atoms with Gasteiger partial charge < -0.3 is 5.32 Å². The van der Waals surface area contributed by atoms with Crippen LogP contribution < -0.4 is 10.5 Å². The van der Waals surface area contributed by atoms with Crippen LogP contribution in [0.4, 0.5) is 0 Å². The molecule has 0 radical (unpaired) electrons. The highest BCUT2D eigenvalue weighted by atomic mass is 32.2. The van der Waals surface area contributed by atoms with Gasteiger partial charge in [-0.25, -0.2) is 18.5 Å². The molecule has 6 nitrogen and oxygen atoms in total. The second-order valence-corrected chi connectivity index (χ2v) is 8.70. The maximum atomic E-state index is 12.8. The molecule has 2 aromatic carbocycles. The lowest BCUT2D eigenvalue weighted by atomic mass is 10.1. The van der Waals surface area contributed by atoms with E-state index in [0.29, 0.717) is 10.6 Å². The van der Waals surface area contributed by atoms with Crippen molar-refractivity contribution in [2.24, 2.45) is 5.14 Å². The number of carbonyl (C=O) groups excluding carboxylic acids is 1. The minimum absolute atomic E-state index is 0.0311. The third kappa shape index (κ3) is 4.98. The molecule has 0 saturated carbocycles. The van der Waals surface area contributed by atoms with Crippen molar-refractivity contribution in [3.63, 3.8) is 0 Å². The monoisotopic (exact) mass is 413 g/mol. The zero-order valence-electron chi connectivity index (χ0n) is 15.1. The molecule has 0 saturated heterocycles. The van der Waals surface area contributed by atoms with E-state index in [-0.39, 0.29) is 16.8 Å². The predicted octanol–water partition coefficient (Wildman–Crippen LogP) is 3.37. The van der Waals surface area contributed by atoms with Crippen LogP contribution in [0.15, 0.2) is 87.7 Å². The second-order valence-electron chi connectivity index (χ2n) is 6.08. The molecule has 0 aliphatic rings. The molecular formula is C20H19N3O3S2. The largest absolute Gasteiger partial charge is 0.345 e. The first-order valence-electron chi connectivity index (χ1n) is 8.46. The Morgan fingerprint density at radius 3 is 2.36 bits per heavy atom. The Hall–Kier alpha value is -2.68. The summed E-state index contributed by atoms with van der Waals surface area (Å²) in [5.74, 6) is -0.255. The Labute approximate surface area is 168 Å². The maximum Gasteiger partial charge on any atom is 0.254 e. The highest BCUT2D eigenvalue weighted by Gasteiger charge is 2.17. The van der Waals surface area contributed by atoms with E-state index in [1.165, 1.54) is 23.9 Å². The predicted molar refractivity (Wildman–Crippen MR) is 108 cm³/mol. The standard InChI is InChI=1S/C20H19N3O3S2/c1-14(15-9-11-17(12-10-15)28(21,25)26)23-19(24)18-8-5-13-22-20(18)27-16-6-3-2-4-7-16/h2-14H,1H3,(H,23,24)(H2,21,25,26)/t14-/m0/s1. The molecule has 0 unspecified atom stereocenters. The average Bonchev–Trinajstić information content (AvgIpc) is 2.68. The number of hydrogen-bond acceptors (Lipinski definition) is 5. The molecule has 3 aromatic rings. The number of aromatic nitrogens is 1. The van der Waals surface area contributed by atoms with Gasteiger partial charge in [-0.05, 0) is 48.9 Å². The molecule has 0 fully saturated rings. The summed E-state index contributed by atoms with van der Waals surface area (Å²) in [6, 6.07) is 18.9. The van der Waals surface area contributed by atoms with Crippen LogP contribution in [0.5, 0.6) is 0 Å². The molecule has 0 bridgehead atoms. The summed E-state index contributed by atoms with van der Waals surface area (Å²) >= 11 is 1.42. The summed E-state index contributed by atoms with van der Waals surface area (Å²) in [6.07, 6.45) is 1.65. The Morgan fingerprint density at radius 1 is 1.04 bits per heavy atom. The number of amides is 1. The average molecular weight is 414 g/mol. The van der Waals surface area contributed by atoms with Gasteiger partial charge in [0, 0.05) is 11.1 Å². The van der Waals surface area contributed by atoms with Gasteiger partial charge in [-0.2, -0.15) is 0 Å². The van der Waals surface area contributed by atoms with Gasteiger partial charge in [0.2, 0.25) is 10.0 Å². The fraction of sp³-hybridized carbons (Fsp3) is 0.100. The van der Waals surface area contributed by atoms with Crippen LogP contribution in [0.25, 0.3) is 0 Å². The summed E-state index contributed by atoms with van der Waals surface area (Å²) in [5, 5.41) is 8.65. The molecule has 3 N–H and O–H groups in total. The van der Waals surface area contributed by atoms with Crippen LogP contribution in [0.1, 0.15) is 28.9 Å². The molecule has 3 rings (SSSR count). The lowest BCUT2D eigenvalue weighted by Gasteiger charge is -2.16. The molecule has 0 aliphatic heterocycles. The summed E-state index contributed by atoms with van der Waals surface area (Å²) in [7, 11) is -3.75. The Morgan fingerprint density at radius 2 is 1.71 bits per heavy atom. The first-order chi connectivity index (χ1) is 13.3. The third-order valence-corrected chi connectivity index (χ3v) is 5.99. The fourth-order valence-electron chi connectivity index (χ4n) is 2.55. The van der Waals surface area contributed by atoms with Gasteiger partial charge in [0.25, 0.3) is 5.91 Å². The number of hydrogen-bond donors (Lipinski definition) is 2. The van der Waals surface area contributed by atoms with E-state index in [0.717, 1.165) is 10.5 Å². The normalized spacial score (nSPS) is 12.4. The molecule has 0 aliphatic carbocycles. The van der Waals surface area contributed by atoms with Crippen molar-refractivity contribution in [2.45, 2.75) is 27.8 Å². The summed E-state index contributed by atoms with van der Waals surface area (Å²) < 4.78 is 22.7. The van der Waals surface area contributed by atoms with Crippen LogP contribution in [0.2, 0.25) is 0 Å². The molecule has 144 valence electrons. The highest BCUT2D eigenvalue weighted by Crippen LogP contribution is 2.28. The topological polar surface area (TPSA) is 102 Å². The smallest absolute Gasteiger partial charge is 0.254 e. The van der Waals surface area contributed by atoms with E-state index in [9.17, 15) is 13.2 Å². The second kappa shape index (κ2) is 8.55. The van der Waals surface area contributed by atoms with Crippen LogP contribution in [0.3, 0.4) is 0 Å². The molecule has 0 spiro atoms. The number of nitrogens with two attached hydrogens (primary N) is 1. The minimum Gasteiger partial charge on any atom is -0.345 e. The van der Waals surface area contributed by atoms with Crippen LogP contribution in [-0.4, -0.2) is 19.3 Å². The quantitative estimate of drug-likeness (QED) is 0.645. The van der Waals surface area contributed by atoms with E-state index < -0.39 is 10.0 Å². The Kier molecular flexibility index (Phi) is 6.13. The molecule has 28 heavy (non-hydrogen) atoms. The number of primary sulfonamides is 1. The van der Waals surface area contributed by atoms with Gasteiger partial charge in [0.05, 0.1) is 16.5 Å². The van der Waals surface area contributed by atoms with Gasteiger partial charge in [-0.1, -0.05) is 42.1 Å². The van der Waals surface area contributed by atoms with E-state index in [1.807, 2.05) is 37.3 Å². The van der Waals surface area contributed by atoms with E-state index in [1.54, 1.807) is 30.5 Å². The Balaban J connectivity index is 1.76. The molecular weight excluding hydrogens is 394 g/mol. The molecule has 1 atom stereocenters. The summed E-state index contributed by atoms with van der Waals surface area (Å²) in [5.41, 5.74) is 1.24. The summed E-state index contributed by atoms with van der Waals surface area (Å²) in [4.78, 5) is 18.1. The van der Waals surface area contributed by atoms with Crippen LogP contribution >= 0.6 is 11.8 Å². The van der Waals surface area contributed by atoms with E-state index in [2.05, 4.69) is 10.3 Å². The van der Waals surface area contributed by atoms with Crippen LogP contribution in [0, 0.1) is 0 Å². The SMILES string of the molecule is C[C@H](NC(=O)c1cccnc1Sc1ccccc1)c1ccc(S(N)(=O)=O)cc1. The van der Waals surface area contributed by atoms with Gasteiger partial charge in [0.1, 0.15) is 5.03 Å². The Bertz CT molecular complexity index is 1070. The van der Waals surface area contributed by atoms with Gasteiger partial charge >= 0.3 is 0 Å². The number of pyridine rings is 1. The number of benzene rings is 2. The number of rotatable bonds is 6. The molecule has 8 heteroatoms. The summed E-state index contributed by atoms with van der Waals surface area (Å²) in [6.45, 7) is 1.82. The van der Waals surface area contributed by atoms with Gasteiger partial charge in [-0.15, -0.1) is 0 Å². The number of nitrogens with zero attached hydrogens (tertiary/aromatic N) is 1. The van der Waals surface area contributed by atoms with Gasteiger partial charge in [0.15, 0.2) is 0 Å². The highest BCUT2D eigenvalue weighted by molar-refractivity contribution is 7.99. The van der Waals surface area contributed by atoms with Crippen molar-refractivity contribution >= 4 is 27.7 Å². The number of carbonyl (C=O) groups is 1. The molecule has 1 aromatic heterocycles. The number of nitrogens with one attached hydrogen (secondary N) is 1. The van der Waals surface area contributed by atoms with Crippen molar-refractivity contribution < 1.29 is 13.2 Å².